The third-order valence-corrected chi connectivity index (χ3v) is 4.25. The quantitative estimate of drug-likeness (QED) is 0.733. The molecular formula is C21H24O5. The predicted molar refractivity (Wildman–Crippen MR) is 97.0 cm³/mol. The fraction of sp³-hybridized carbons (Fsp3) is 0.381. The van der Waals surface area contributed by atoms with Crippen LogP contribution in [0.3, 0.4) is 0 Å². The van der Waals surface area contributed by atoms with Crippen LogP contribution in [0.2, 0.25) is 0 Å². The van der Waals surface area contributed by atoms with Crippen LogP contribution in [0.1, 0.15) is 36.2 Å². The first kappa shape index (κ1) is 18.4. The Labute approximate surface area is 153 Å². The highest BCUT2D eigenvalue weighted by molar-refractivity contribution is 5.92. The van der Waals surface area contributed by atoms with Gasteiger partial charge in [0.2, 0.25) is 6.29 Å². The van der Waals surface area contributed by atoms with E-state index in [1.165, 1.54) is 12.7 Å². The molecule has 1 aliphatic heterocycles. The third-order valence-electron chi connectivity index (χ3n) is 4.25. The molecule has 2 atom stereocenters. The topological polar surface area (TPSA) is 54.0 Å². The summed E-state index contributed by atoms with van der Waals surface area (Å²) >= 11 is 0. The predicted octanol–water partition coefficient (Wildman–Crippen LogP) is 3.96. The van der Waals surface area contributed by atoms with Gasteiger partial charge in [-0.1, -0.05) is 42.5 Å². The molecule has 0 radical (unpaired) electrons. The second-order valence-electron chi connectivity index (χ2n) is 6.67. The fourth-order valence-electron chi connectivity index (χ4n) is 3.03. The highest BCUT2D eigenvalue weighted by Crippen LogP contribution is 2.32. The van der Waals surface area contributed by atoms with Gasteiger partial charge in [-0.2, -0.15) is 0 Å². The van der Waals surface area contributed by atoms with E-state index in [1.807, 2.05) is 32.0 Å². The molecule has 0 aromatic heterocycles. The van der Waals surface area contributed by atoms with Crippen molar-refractivity contribution in [2.24, 2.45) is 0 Å². The van der Waals surface area contributed by atoms with Crippen LogP contribution in [0.25, 0.3) is 0 Å². The molecule has 26 heavy (non-hydrogen) atoms. The van der Waals surface area contributed by atoms with E-state index in [9.17, 15) is 4.79 Å². The van der Waals surface area contributed by atoms with E-state index in [0.717, 1.165) is 6.42 Å². The summed E-state index contributed by atoms with van der Waals surface area (Å²) < 4.78 is 22.6. The van der Waals surface area contributed by atoms with Gasteiger partial charge in [0, 0.05) is 0 Å². The molecule has 5 nitrogen and oxygen atoms in total. The van der Waals surface area contributed by atoms with Gasteiger partial charge in [-0.15, -0.1) is 0 Å². The normalized spacial score (nSPS) is 21.3. The lowest BCUT2D eigenvalue weighted by Crippen LogP contribution is -2.29. The van der Waals surface area contributed by atoms with Gasteiger partial charge in [-0.25, -0.2) is 4.79 Å². The third kappa shape index (κ3) is 4.42. The van der Waals surface area contributed by atoms with Crippen molar-refractivity contribution < 1.29 is 23.7 Å². The zero-order valence-electron chi connectivity index (χ0n) is 15.3. The molecule has 0 unspecified atom stereocenters. The van der Waals surface area contributed by atoms with Crippen LogP contribution in [0.15, 0.2) is 54.6 Å². The highest BCUT2D eigenvalue weighted by Gasteiger charge is 2.43. The highest BCUT2D eigenvalue weighted by atomic mass is 16.8. The largest absolute Gasteiger partial charge is 0.496 e. The summed E-state index contributed by atoms with van der Waals surface area (Å²) in [4.78, 5) is 12.6. The lowest BCUT2D eigenvalue weighted by Gasteiger charge is -2.18. The molecule has 1 saturated heterocycles. The Morgan fingerprint density at radius 2 is 1.73 bits per heavy atom. The second kappa shape index (κ2) is 7.89. The second-order valence-corrected chi connectivity index (χ2v) is 6.67. The maximum Gasteiger partial charge on any atom is 0.344 e. The summed E-state index contributed by atoms with van der Waals surface area (Å²) in [5.41, 5.74) is 1.57. The Hall–Kier alpha value is -2.37. The lowest BCUT2D eigenvalue weighted by molar-refractivity contribution is -0.175. The average molecular weight is 356 g/mol. The summed E-state index contributed by atoms with van der Waals surface area (Å²) in [6, 6.07) is 17.1. The molecule has 0 amide bonds. The minimum Gasteiger partial charge on any atom is -0.496 e. The maximum absolute atomic E-state index is 12.6. The molecule has 1 heterocycles. The van der Waals surface area contributed by atoms with E-state index >= 15 is 0 Å². The van der Waals surface area contributed by atoms with Crippen molar-refractivity contribution >= 4 is 5.97 Å². The van der Waals surface area contributed by atoms with Crippen molar-refractivity contribution in [1.82, 2.24) is 0 Å². The number of esters is 1. The Morgan fingerprint density at radius 3 is 2.46 bits per heavy atom. The number of hydrogen-bond donors (Lipinski definition) is 0. The summed E-state index contributed by atoms with van der Waals surface area (Å²) in [6.45, 7) is 3.64. The number of rotatable bonds is 6. The van der Waals surface area contributed by atoms with Crippen molar-refractivity contribution in [3.63, 3.8) is 0 Å². The van der Waals surface area contributed by atoms with Crippen LogP contribution < -0.4 is 4.74 Å². The number of hydrogen-bond acceptors (Lipinski definition) is 5. The maximum atomic E-state index is 12.6. The Bertz CT molecular complexity index is 741. The van der Waals surface area contributed by atoms with Gasteiger partial charge >= 0.3 is 5.97 Å². The van der Waals surface area contributed by atoms with Crippen LogP contribution in [-0.2, 0) is 20.6 Å². The van der Waals surface area contributed by atoms with Gasteiger partial charge in [0.05, 0.1) is 7.11 Å². The van der Waals surface area contributed by atoms with Gasteiger partial charge in [0.25, 0.3) is 0 Å². The fourth-order valence-corrected chi connectivity index (χ4v) is 3.03. The molecule has 138 valence electrons. The van der Waals surface area contributed by atoms with Crippen molar-refractivity contribution in [2.75, 3.05) is 7.11 Å². The zero-order chi connectivity index (χ0) is 18.6. The number of ether oxygens (including phenoxy) is 4. The van der Waals surface area contributed by atoms with Crippen LogP contribution in [0, 0.1) is 0 Å². The molecule has 2 aromatic rings. The number of para-hydroxylation sites is 1. The Morgan fingerprint density at radius 1 is 1.04 bits per heavy atom. The molecular weight excluding hydrogens is 332 g/mol. The Kier molecular flexibility index (Phi) is 5.59. The van der Waals surface area contributed by atoms with E-state index in [2.05, 4.69) is 12.1 Å². The molecule has 1 fully saturated rings. The first-order valence-electron chi connectivity index (χ1n) is 8.72. The number of carbonyl (C=O) groups excluding carboxylic acids is 1. The molecule has 1 aliphatic rings. The number of carbonyl (C=O) groups is 1. The van der Waals surface area contributed by atoms with Gasteiger partial charge in [0.15, 0.2) is 5.79 Å². The molecule has 0 aliphatic carbocycles. The zero-order valence-corrected chi connectivity index (χ0v) is 15.3. The Balaban J connectivity index is 1.68. The number of aryl methyl sites for hydroxylation is 1. The average Bonchev–Trinajstić information content (AvgIpc) is 2.94. The monoisotopic (exact) mass is 356 g/mol. The van der Waals surface area contributed by atoms with Crippen molar-refractivity contribution in [1.29, 1.82) is 0 Å². The number of benzene rings is 2. The molecule has 0 N–H and O–H groups in total. The van der Waals surface area contributed by atoms with Crippen molar-refractivity contribution in [3.05, 3.63) is 65.7 Å². The molecule has 2 aromatic carbocycles. The SMILES string of the molecule is COc1ccccc1C(=O)O[C@@H]1OC(C)(C)O[C@H]1CCc1ccccc1. The molecule has 0 saturated carbocycles. The van der Waals surface area contributed by atoms with E-state index in [1.54, 1.807) is 24.3 Å². The minimum absolute atomic E-state index is 0.330. The molecule has 0 bridgehead atoms. The van der Waals surface area contributed by atoms with Crippen molar-refractivity contribution in [2.45, 2.75) is 44.9 Å². The van der Waals surface area contributed by atoms with E-state index < -0.39 is 18.0 Å². The smallest absolute Gasteiger partial charge is 0.344 e. The van der Waals surface area contributed by atoms with Gasteiger partial charge < -0.3 is 18.9 Å². The van der Waals surface area contributed by atoms with E-state index in [4.69, 9.17) is 18.9 Å². The van der Waals surface area contributed by atoms with Gasteiger partial charge in [0.1, 0.15) is 17.4 Å². The minimum atomic E-state index is -0.799. The summed E-state index contributed by atoms with van der Waals surface area (Å²) in [7, 11) is 1.52. The first-order chi connectivity index (χ1) is 12.5. The standard InChI is InChI=1S/C21H24O5/c1-21(2)25-18(14-13-15-9-5-4-6-10-15)20(26-21)24-19(22)16-11-7-8-12-17(16)23-3/h4-12,18,20H,13-14H2,1-3H3/t18-,20+/m0/s1. The number of methoxy groups -OCH3 is 1. The van der Waals surface area contributed by atoms with Crippen LogP contribution in [0.5, 0.6) is 5.75 Å². The van der Waals surface area contributed by atoms with Crippen molar-refractivity contribution in [3.8, 4) is 5.75 Å². The van der Waals surface area contributed by atoms with E-state index in [0.29, 0.717) is 17.7 Å². The first-order valence-corrected chi connectivity index (χ1v) is 8.72. The summed E-state index contributed by atoms with van der Waals surface area (Å²) in [5.74, 6) is -0.817. The van der Waals surface area contributed by atoms with Crippen LogP contribution in [0.4, 0.5) is 0 Å². The van der Waals surface area contributed by atoms with Gasteiger partial charge in [-0.3, -0.25) is 0 Å². The van der Waals surface area contributed by atoms with Gasteiger partial charge in [-0.05, 0) is 44.4 Å². The lowest BCUT2D eigenvalue weighted by atomic mass is 10.1. The van der Waals surface area contributed by atoms with Crippen LogP contribution >= 0.6 is 0 Å². The van der Waals surface area contributed by atoms with Crippen LogP contribution in [-0.4, -0.2) is 31.3 Å². The molecule has 5 heteroatoms. The molecule has 3 rings (SSSR count). The summed E-state index contributed by atoms with van der Waals surface area (Å²) in [5, 5.41) is 0. The van der Waals surface area contributed by atoms with E-state index in [-0.39, 0.29) is 6.10 Å². The summed E-state index contributed by atoms with van der Waals surface area (Å²) in [6.07, 6.45) is 0.417. The molecule has 0 spiro atoms.